The van der Waals surface area contributed by atoms with E-state index in [-0.39, 0.29) is 54.9 Å². The summed E-state index contributed by atoms with van der Waals surface area (Å²) >= 11 is 0. The lowest BCUT2D eigenvalue weighted by Gasteiger charge is -2.33. The Balaban J connectivity index is 0.000000441. The second-order valence-corrected chi connectivity index (χ2v) is 12.4. The summed E-state index contributed by atoms with van der Waals surface area (Å²) in [6, 6.07) is 12.2. The van der Waals surface area contributed by atoms with Gasteiger partial charge in [0, 0.05) is 18.5 Å². The molecule has 2 aromatic rings. The summed E-state index contributed by atoms with van der Waals surface area (Å²) in [5.74, 6) is -1.49. The number of carbonyl (C=O) groups excluding carboxylic acids is 4. The van der Waals surface area contributed by atoms with Gasteiger partial charge in [-0.2, -0.15) is 8.42 Å². The molecule has 2 aromatic carbocycles. The van der Waals surface area contributed by atoms with Crippen LogP contribution in [0, 0.1) is 18.8 Å². The smallest absolute Gasteiger partial charge is 0.328 e. The Hall–Kier alpha value is -3.89. The first-order valence-electron chi connectivity index (χ1n) is 15.1. The number of hydrogen-bond acceptors (Lipinski definition) is 11. The van der Waals surface area contributed by atoms with E-state index in [1.54, 1.807) is 38.1 Å². The Morgan fingerprint density at radius 3 is 2.30 bits per heavy atom. The Morgan fingerprint density at radius 2 is 1.70 bits per heavy atom. The van der Waals surface area contributed by atoms with E-state index >= 15 is 0 Å². The Kier molecular flexibility index (Phi) is 13.6. The molecule has 2 amide bonds. The average Bonchev–Trinajstić information content (AvgIpc) is 3.41. The van der Waals surface area contributed by atoms with Gasteiger partial charge in [0.1, 0.15) is 12.3 Å². The highest BCUT2D eigenvalue weighted by molar-refractivity contribution is 7.85. The summed E-state index contributed by atoms with van der Waals surface area (Å²) in [6.07, 6.45) is 0.985. The highest BCUT2D eigenvalue weighted by Crippen LogP contribution is 2.28. The zero-order valence-electron chi connectivity index (χ0n) is 26.2. The van der Waals surface area contributed by atoms with Crippen LogP contribution in [0.1, 0.15) is 54.6 Å². The molecule has 14 nitrogen and oxygen atoms in total. The molecule has 2 saturated heterocycles. The van der Waals surface area contributed by atoms with Crippen molar-refractivity contribution in [3.8, 4) is 0 Å². The number of fused-ring (bicyclic) bond motifs is 1. The quantitative estimate of drug-likeness (QED) is 0.139. The van der Waals surface area contributed by atoms with Gasteiger partial charge in [-0.05, 0) is 75.8 Å². The minimum absolute atomic E-state index is 0.00606. The normalized spacial score (nSPS) is 21.1. The van der Waals surface area contributed by atoms with Crippen molar-refractivity contribution in [3.63, 3.8) is 0 Å². The summed E-state index contributed by atoms with van der Waals surface area (Å²) in [6.45, 7) is 6.36. The maximum Gasteiger partial charge on any atom is 0.328 e. The number of aryl methyl sites for hydroxylation is 2. The number of benzene rings is 2. The standard InChI is InChI=1S/C24H35N5O6.C7H8O3S/c1-3-34-18(30)12-11-17(23(33)35-4-2)27-21(31)15-8-5-14(6-9-15)7-10-16-13-26-20-19(16)22(32)29-24(25)28-20;1-6-2-4-7(5-3-6)11(8,9)10/h5-6,8-9,16-17,19-20,24,26,28H,3-4,7,10-13,25H2,1-2H3,(H,27,31)(H,29,32);2-5H,1H3,(H,8,9,10). The van der Waals surface area contributed by atoms with E-state index in [0.717, 1.165) is 30.5 Å². The third kappa shape index (κ3) is 10.9. The number of carbonyl (C=O) groups is 4. The molecule has 0 saturated carbocycles. The van der Waals surface area contributed by atoms with Crippen LogP contribution in [-0.2, 0) is 40.4 Å². The van der Waals surface area contributed by atoms with Crippen LogP contribution >= 0.6 is 0 Å². The van der Waals surface area contributed by atoms with E-state index in [0.29, 0.717) is 5.56 Å². The number of amides is 2. The van der Waals surface area contributed by atoms with Crippen molar-refractivity contribution in [2.75, 3.05) is 19.8 Å². The zero-order chi connectivity index (χ0) is 33.9. The molecule has 0 aliphatic carbocycles. The van der Waals surface area contributed by atoms with Crippen molar-refractivity contribution in [2.24, 2.45) is 17.6 Å². The van der Waals surface area contributed by atoms with Crippen LogP contribution in [0.2, 0.25) is 0 Å². The predicted octanol–water partition coefficient (Wildman–Crippen LogP) is 0.989. The Bertz CT molecular complexity index is 1450. The van der Waals surface area contributed by atoms with Gasteiger partial charge in [-0.1, -0.05) is 29.8 Å². The van der Waals surface area contributed by atoms with Crippen LogP contribution in [0.15, 0.2) is 53.4 Å². The van der Waals surface area contributed by atoms with Crippen molar-refractivity contribution < 1.29 is 41.6 Å². The van der Waals surface area contributed by atoms with Gasteiger partial charge in [0.25, 0.3) is 16.0 Å². The number of hydrogen-bond donors (Lipinski definition) is 6. The molecule has 0 radical (unpaired) electrons. The lowest BCUT2D eigenvalue weighted by molar-refractivity contribution is -0.147. The molecule has 7 N–H and O–H groups in total. The molecular weight excluding hydrogens is 618 g/mol. The van der Waals surface area contributed by atoms with Crippen LogP contribution in [0.3, 0.4) is 0 Å². The second-order valence-electron chi connectivity index (χ2n) is 11.0. The summed E-state index contributed by atoms with van der Waals surface area (Å²) in [7, 11) is -4.02. The minimum Gasteiger partial charge on any atom is -0.466 e. The van der Waals surface area contributed by atoms with Crippen LogP contribution in [-0.4, -0.2) is 75.0 Å². The van der Waals surface area contributed by atoms with E-state index in [9.17, 15) is 27.6 Å². The summed E-state index contributed by atoms with van der Waals surface area (Å²) < 4.78 is 39.5. The van der Waals surface area contributed by atoms with Crippen molar-refractivity contribution in [1.29, 1.82) is 0 Å². The molecule has 0 spiro atoms. The second kappa shape index (κ2) is 17.1. The van der Waals surface area contributed by atoms with E-state index < -0.39 is 40.3 Å². The van der Waals surface area contributed by atoms with Gasteiger partial charge in [0.15, 0.2) is 0 Å². The molecule has 5 unspecified atom stereocenters. The number of nitrogens with one attached hydrogen (secondary N) is 4. The highest BCUT2D eigenvalue weighted by Gasteiger charge is 2.44. The van der Waals surface area contributed by atoms with Gasteiger partial charge in [-0.25, -0.2) is 4.79 Å². The molecule has 0 aromatic heterocycles. The van der Waals surface area contributed by atoms with E-state index in [1.165, 1.54) is 12.1 Å². The molecule has 15 heteroatoms. The van der Waals surface area contributed by atoms with Gasteiger partial charge in [0.05, 0.1) is 30.2 Å². The number of esters is 2. The molecular formula is C31H43N5O9S. The maximum absolute atomic E-state index is 12.7. The molecule has 0 bridgehead atoms. The number of nitrogens with two attached hydrogens (primary N) is 1. The summed E-state index contributed by atoms with van der Waals surface area (Å²) in [5, 5.41) is 11.9. The maximum atomic E-state index is 12.7. The number of ether oxygens (including phenoxy) is 2. The lowest BCUT2D eigenvalue weighted by Crippen LogP contribution is -2.66. The zero-order valence-corrected chi connectivity index (χ0v) is 27.0. The van der Waals surface area contributed by atoms with Crippen molar-refractivity contribution in [1.82, 2.24) is 21.3 Å². The Morgan fingerprint density at radius 1 is 1.04 bits per heavy atom. The van der Waals surface area contributed by atoms with Gasteiger partial charge in [-0.3, -0.25) is 30.0 Å². The minimum atomic E-state index is -4.02. The van der Waals surface area contributed by atoms with Crippen molar-refractivity contribution in [2.45, 2.75) is 69.8 Å². The highest BCUT2D eigenvalue weighted by atomic mass is 32.2. The van der Waals surface area contributed by atoms with E-state index in [4.69, 9.17) is 19.8 Å². The molecule has 46 heavy (non-hydrogen) atoms. The molecule has 2 fully saturated rings. The van der Waals surface area contributed by atoms with Crippen molar-refractivity contribution in [3.05, 3.63) is 65.2 Å². The fourth-order valence-corrected chi connectivity index (χ4v) is 5.69. The summed E-state index contributed by atoms with van der Waals surface area (Å²) in [4.78, 5) is 48.9. The van der Waals surface area contributed by atoms with Crippen LogP contribution in [0.4, 0.5) is 0 Å². The monoisotopic (exact) mass is 661 g/mol. The van der Waals surface area contributed by atoms with Gasteiger partial charge < -0.3 is 25.4 Å². The van der Waals surface area contributed by atoms with Crippen LogP contribution < -0.4 is 27.0 Å². The third-order valence-corrected chi connectivity index (χ3v) is 8.45. The lowest BCUT2D eigenvalue weighted by atomic mass is 9.87. The van der Waals surface area contributed by atoms with Gasteiger partial charge >= 0.3 is 11.9 Å². The Labute approximate surface area is 268 Å². The van der Waals surface area contributed by atoms with Gasteiger partial charge in [0.2, 0.25) is 5.91 Å². The summed E-state index contributed by atoms with van der Waals surface area (Å²) in [5.41, 5.74) is 8.16. The van der Waals surface area contributed by atoms with Crippen LogP contribution in [0.5, 0.6) is 0 Å². The molecule has 4 rings (SSSR count). The third-order valence-electron chi connectivity index (χ3n) is 7.58. The first-order valence-corrected chi connectivity index (χ1v) is 16.6. The SMILES string of the molecule is CCOC(=O)CCC(NC(=O)c1ccc(CCC2CNC3NC(N)NC(=O)C23)cc1)C(=O)OCC.Cc1ccc(S(=O)(=O)O)cc1. The van der Waals surface area contributed by atoms with Crippen molar-refractivity contribution >= 4 is 33.9 Å². The molecule has 2 aliphatic heterocycles. The fraction of sp³-hybridized carbons (Fsp3) is 0.484. The molecule has 2 aliphatic rings. The predicted molar refractivity (Wildman–Crippen MR) is 168 cm³/mol. The number of rotatable bonds is 12. The first-order chi connectivity index (χ1) is 21.8. The molecule has 2 heterocycles. The first kappa shape index (κ1) is 36.6. The largest absolute Gasteiger partial charge is 0.466 e. The van der Waals surface area contributed by atoms with E-state index in [2.05, 4.69) is 21.3 Å². The van der Waals surface area contributed by atoms with E-state index in [1.807, 2.05) is 19.1 Å². The van der Waals surface area contributed by atoms with Gasteiger partial charge in [-0.15, -0.1) is 0 Å². The average molecular weight is 662 g/mol. The topological polar surface area (TPSA) is 215 Å². The molecule has 5 atom stereocenters. The fourth-order valence-electron chi connectivity index (χ4n) is 5.21. The molecule has 252 valence electrons. The van der Waals surface area contributed by atoms with Crippen LogP contribution in [0.25, 0.3) is 0 Å².